The van der Waals surface area contributed by atoms with Crippen LogP contribution in [0.1, 0.15) is 17.6 Å². The molecule has 1 aromatic heterocycles. The summed E-state index contributed by atoms with van der Waals surface area (Å²) in [6, 6.07) is 0. The van der Waals surface area contributed by atoms with Crippen LogP contribution >= 0.6 is 10.7 Å². The van der Waals surface area contributed by atoms with Crippen LogP contribution in [0.15, 0.2) is 15.9 Å². The standard InChI is InChI=1S/C7H6ClF2NO3S/c1-3-5(6(9)10)4(15(8,13)14)2-11-7(3)12/h2,6H,1H3,(H,11,12). The first kappa shape index (κ1) is 12.1. The van der Waals surface area contributed by atoms with E-state index in [-0.39, 0.29) is 5.56 Å². The summed E-state index contributed by atoms with van der Waals surface area (Å²) in [5.41, 5.74) is -1.98. The average molecular weight is 258 g/mol. The highest BCUT2D eigenvalue weighted by Crippen LogP contribution is 2.29. The first-order valence-corrected chi connectivity index (χ1v) is 6.01. The number of H-pyrrole nitrogens is 1. The lowest BCUT2D eigenvalue weighted by Crippen LogP contribution is -2.15. The number of halogens is 3. The number of nitrogens with one attached hydrogen (secondary N) is 1. The van der Waals surface area contributed by atoms with E-state index in [4.69, 9.17) is 10.7 Å². The lowest BCUT2D eigenvalue weighted by Gasteiger charge is -2.07. The fourth-order valence-corrected chi connectivity index (χ4v) is 2.18. The fraction of sp³-hybridized carbons (Fsp3) is 0.286. The molecule has 0 saturated heterocycles. The quantitative estimate of drug-likeness (QED) is 0.818. The van der Waals surface area contributed by atoms with Crippen molar-refractivity contribution in [3.63, 3.8) is 0 Å². The van der Waals surface area contributed by atoms with Crippen LogP contribution in [-0.4, -0.2) is 13.4 Å². The number of aromatic nitrogens is 1. The van der Waals surface area contributed by atoms with Gasteiger partial charge in [-0.3, -0.25) is 4.79 Å². The van der Waals surface area contributed by atoms with E-state index in [9.17, 15) is 22.0 Å². The zero-order chi connectivity index (χ0) is 11.8. The number of aromatic amines is 1. The van der Waals surface area contributed by atoms with Gasteiger partial charge in [-0.1, -0.05) is 0 Å². The third-order valence-electron chi connectivity index (χ3n) is 1.83. The second kappa shape index (κ2) is 3.90. The number of hydrogen-bond acceptors (Lipinski definition) is 3. The summed E-state index contributed by atoms with van der Waals surface area (Å²) in [6.07, 6.45) is -2.41. The molecule has 0 unspecified atom stereocenters. The summed E-state index contributed by atoms with van der Waals surface area (Å²) in [7, 11) is 0.653. The zero-order valence-corrected chi connectivity index (χ0v) is 8.99. The van der Waals surface area contributed by atoms with Crippen molar-refractivity contribution < 1.29 is 17.2 Å². The summed E-state index contributed by atoms with van der Waals surface area (Å²) in [4.78, 5) is 12.2. The molecule has 0 atom stereocenters. The number of pyridine rings is 1. The molecule has 0 aliphatic rings. The molecule has 15 heavy (non-hydrogen) atoms. The molecule has 1 aromatic rings. The fourth-order valence-electron chi connectivity index (χ4n) is 1.10. The van der Waals surface area contributed by atoms with Crippen molar-refractivity contribution in [2.45, 2.75) is 18.2 Å². The van der Waals surface area contributed by atoms with Crippen LogP contribution < -0.4 is 5.56 Å². The van der Waals surface area contributed by atoms with Crippen LogP contribution in [-0.2, 0) is 9.05 Å². The number of hydrogen-bond donors (Lipinski definition) is 1. The molecule has 1 heterocycles. The minimum absolute atomic E-state index is 0.355. The van der Waals surface area contributed by atoms with Crippen molar-refractivity contribution in [2.24, 2.45) is 0 Å². The maximum absolute atomic E-state index is 12.5. The van der Waals surface area contributed by atoms with Crippen molar-refractivity contribution in [1.29, 1.82) is 0 Å². The van der Waals surface area contributed by atoms with Gasteiger partial charge in [0.05, 0.1) is 0 Å². The summed E-state index contributed by atoms with van der Waals surface area (Å²) < 4.78 is 46.9. The van der Waals surface area contributed by atoms with E-state index in [2.05, 4.69) is 0 Å². The smallest absolute Gasteiger partial charge is 0.265 e. The summed E-state index contributed by atoms with van der Waals surface area (Å²) in [5.74, 6) is 0. The molecule has 0 bridgehead atoms. The average Bonchev–Trinajstić information content (AvgIpc) is 2.06. The van der Waals surface area contributed by atoms with Gasteiger partial charge in [0.2, 0.25) is 0 Å². The van der Waals surface area contributed by atoms with Gasteiger partial charge in [0.1, 0.15) is 4.90 Å². The molecule has 0 radical (unpaired) electrons. The molecule has 0 saturated carbocycles. The molecule has 4 nitrogen and oxygen atoms in total. The van der Waals surface area contributed by atoms with Gasteiger partial charge in [0.25, 0.3) is 21.0 Å². The molecule has 0 aromatic carbocycles. The minimum Gasteiger partial charge on any atom is -0.328 e. The van der Waals surface area contributed by atoms with Crippen molar-refractivity contribution in [1.82, 2.24) is 4.98 Å². The van der Waals surface area contributed by atoms with Gasteiger partial charge in [0, 0.05) is 28.0 Å². The normalized spacial score (nSPS) is 12.1. The maximum atomic E-state index is 12.5. The van der Waals surface area contributed by atoms with Crippen LogP contribution in [0.25, 0.3) is 0 Å². The van der Waals surface area contributed by atoms with E-state index in [1.54, 1.807) is 0 Å². The molecule has 0 aliphatic carbocycles. The van der Waals surface area contributed by atoms with E-state index in [0.29, 0.717) is 6.20 Å². The van der Waals surface area contributed by atoms with Crippen molar-refractivity contribution in [3.8, 4) is 0 Å². The predicted octanol–water partition coefficient (Wildman–Crippen LogP) is 1.55. The lowest BCUT2D eigenvalue weighted by molar-refractivity contribution is 0.147. The van der Waals surface area contributed by atoms with Crippen LogP contribution in [0.3, 0.4) is 0 Å². The zero-order valence-electron chi connectivity index (χ0n) is 7.42. The molecule has 84 valence electrons. The van der Waals surface area contributed by atoms with Crippen LogP contribution in [0, 0.1) is 6.92 Å². The van der Waals surface area contributed by atoms with E-state index in [0.717, 1.165) is 6.92 Å². The van der Waals surface area contributed by atoms with Gasteiger partial charge in [-0.2, -0.15) is 0 Å². The van der Waals surface area contributed by atoms with Gasteiger partial charge in [-0.15, -0.1) is 0 Å². The minimum atomic E-state index is -4.30. The SMILES string of the molecule is Cc1c(C(F)F)c(S(=O)(=O)Cl)c[nH]c1=O. The van der Waals surface area contributed by atoms with E-state index in [1.165, 1.54) is 0 Å². The summed E-state index contributed by atoms with van der Waals surface area (Å²) >= 11 is 0. The molecular formula is C7H6ClF2NO3S. The van der Waals surface area contributed by atoms with Gasteiger partial charge in [-0.25, -0.2) is 17.2 Å². The van der Waals surface area contributed by atoms with E-state index < -0.39 is 31.5 Å². The predicted molar refractivity (Wildman–Crippen MR) is 49.8 cm³/mol. The molecule has 0 aliphatic heterocycles. The highest BCUT2D eigenvalue weighted by Gasteiger charge is 2.25. The first-order chi connectivity index (χ1) is 6.75. The van der Waals surface area contributed by atoms with Gasteiger partial charge >= 0.3 is 0 Å². The topological polar surface area (TPSA) is 67.0 Å². The Hall–Kier alpha value is -0.950. The number of alkyl halides is 2. The third-order valence-corrected chi connectivity index (χ3v) is 3.19. The van der Waals surface area contributed by atoms with Crippen molar-refractivity contribution in [2.75, 3.05) is 0 Å². The van der Waals surface area contributed by atoms with Crippen molar-refractivity contribution in [3.05, 3.63) is 27.7 Å². The Morgan fingerprint density at radius 2 is 2.00 bits per heavy atom. The summed E-state index contributed by atoms with van der Waals surface area (Å²) in [6.45, 7) is 1.10. The second-order valence-electron chi connectivity index (χ2n) is 2.76. The monoisotopic (exact) mass is 257 g/mol. The molecule has 0 fully saturated rings. The number of rotatable bonds is 2. The Labute approximate surface area is 88.3 Å². The van der Waals surface area contributed by atoms with E-state index >= 15 is 0 Å². The maximum Gasteiger partial charge on any atom is 0.265 e. The van der Waals surface area contributed by atoms with Gasteiger partial charge in [0.15, 0.2) is 0 Å². The molecule has 1 N–H and O–H groups in total. The second-order valence-corrected chi connectivity index (χ2v) is 5.29. The van der Waals surface area contributed by atoms with Crippen LogP contribution in [0.2, 0.25) is 0 Å². The Kier molecular flexibility index (Phi) is 3.15. The first-order valence-electron chi connectivity index (χ1n) is 3.70. The molecule has 0 amide bonds. The van der Waals surface area contributed by atoms with Gasteiger partial charge < -0.3 is 4.98 Å². The van der Waals surface area contributed by atoms with Gasteiger partial charge in [-0.05, 0) is 6.92 Å². The Morgan fingerprint density at radius 1 is 1.47 bits per heavy atom. The third kappa shape index (κ3) is 2.35. The Morgan fingerprint density at radius 3 is 2.40 bits per heavy atom. The van der Waals surface area contributed by atoms with Crippen LogP contribution in [0.4, 0.5) is 8.78 Å². The highest BCUT2D eigenvalue weighted by molar-refractivity contribution is 8.13. The summed E-state index contributed by atoms with van der Waals surface area (Å²) in [5, 5.41) is 0. The lowest BCUT2D eigenvalue weighted by atomic mass is 10.1. The molecule has 1 rings (SSSR count). The van der Waals surface area contributed by atoms with Crippen molar-refractivity contribution >= 4 is 19.7 Å². The Balaban J connectivity index is 3.70. The molecule has 8 heteroatoms. The molecular weight excluding hydrogens is 252 g/mol. The Bertz CT molecular complexity index is 538. The highest BCUT2D eigenvalue weighted by atomic mass is 35.7. The van der Waals surface area contributed by atoms with Crippen LogP contribution in [0.5, 0.6) is 0 Å². The largest absolute Gasteiger partial charge is 0.328 e. The molecule has 0 spiro atoms. The van der Waals surface area contributed by atoms with E-state index in [1.807, 2.05) is 4.98 Å².